The van der Waals surface area contributed by atoms with Crippen molar-refractivity contribution in [2.75, 3.05) is 13.2 Å². The first kappa shape index (κ1) is 21.9. The summed E-state index contributed by atoms with van der Waals surface area (Å²) in [5, 5.41) is 9.85. The normalized spacial score (nSPS) is 16.1. The molecule has 1 saturated heterocycles. The van der Waals surface area contributed by atoms with Crippen molar-refractivity contribution < 1.29 is 27.5 Å². The largest absolute Gasteiger partial charge is 0.411 e. The van der Waals surface area contributed by atoms with Crippen LogP contribution in [0.25, 0.3) is 10.9 Å². The van der Waals surface area contributed by atoms with Crippen LogP contribution in [0.2, 0.25) is 0 Å². The van der Waals surface area contributed by atoms with Crippen molar-refractivity contribution in [3.8, 4) is 0 Å². The Kier molecular flexibility index (Phi) is 5.96. The quantitative estimate of drug-likeness (QED) is 0.606. The molecule has 1 aliphatic heterocycles. The zero-order valence-corrected chi connectivity index (χ0v) is 17.0. The molecule has 0 bridgehead atoms. The standard InChI is InChI=1S/C22H21F3N4O3/c23-22(24,25)21(4-7-32-8-5-21)28-20(31)19-12-15(3-6-26-19)10-17(30)9-14-1-2-16-13-27-29-18(16)11-14/h1-3,6,11-13H,4-5,7-10H2,(H,27,29)(H,28,31). The number of nitrogens with zero attached hydrogens (tertiary/aromatic N) is 2. The van der Waals surface area contributed by atoms with Gasteiger partial charge in [-0.3, -0.25) is 19.7 Å². The van der Waals surface area contributed by atoms with E-state index in [2.05, 4.69) is 20.5 Å². The fourth-order valence-corrected chi connectivity index (χ4v) is 3.80. The van der Waals surface area contributed by atoms with Gasteiger partial charge in [0, 0.05) is 50.5 Å². The van der Waals surface area contributed by atoms with E-state index in [1.54, 1.807) is 12.3 Å². The number of ether oxygens (including phenoxy) is 1. The monoisotopic (exact) mass is 446 g/mol. The highest BCUT2D eigenvalue weighted by atomic mass is 19.4. The van der Waals surface area contributed by atoms with Gasteiger partial charge in [-0.2, -0.15) is 18.3 Å². The molecule has 1 fully saturated rings. The summed E-state index contributed by atoms with van der Waals surface area (Å²) in [6, 6.07) is 8.47. The van der Waals surface area contributed by atoms with E-state index in [-0.39, 0.29) is 50.4 Å². The van der Waals surface area contributed by atoms with Crippen LogP contribution in [0, 0.1) is 0 Å². The number of hydrogen-bond acceptors (Lipinski definition) is 5. The number of benzene rings is 1. The molecule has 3 aromatic rings. The van der Waals surface area contributed by atoms with Crippen LogP contribution in [0.3, 0.4) is 0 Å². The predicted molar refractivity (Wildman–Crippen MR) is 109 cm³/mol. The first-order valence-electron chi connectivity index (χ1n) is 10.1. The maximum Gasteiger partial charge on any atom is 0.411 e. The number of aromatic nitrogens is 3. The number of carbonyl (C=O) groups excluding carboxylic acids is 2. The molecule has 0 atom stereocenters. The number of pyridine rings is 1. The summed E-state index contributed by atoms with van der Waals surface area (Å²) in [4.78, 5) is 29.0. The van der Waals surface area contributed by atoms with Crippen LogP contribution in [-0.2, 0) is 22.4 Å². The lowest BCUT2D eigenvalue weighted by Gasteiger charge is -2.39. The number of H-pyrrole nitrogens is 1. The molecular formula is C22H21F3N4O3. The highest BCUT2D eigenvalue weighted by Crippen LogP contribution is 2.38. The van der Waals surface area contributed by atoms with E-state index in [9.17, 15) is 22.8 Å². The maximum absolute atomic E-state index is 13.7. The number of alkyl halides is 3. The van der Waals surface area contributed by atoms with E-state index in [0.29, 0.717) is 5.56 Å². The summed E-state index contributed by atoms with van der Waals surface area (Å²) in [6.45, 7) is -0.182. The number of amides is 1. The van der Waals surface area contributed by atoms with Crippen molar-refractivity contribution in [3.05, 3.63) is 59.5 Å². The summed E-state index contributed by atoms with van der Waals surface area (Å²) in [5.41, 5.74) is -0.369. The summed E-state index contributed by atoms with van der Waals surface area (Å²) in [5.74, 6) is -1.03. The first-order chi connectivity index (χ1) is 15.3. The van der Waals surface area contributed by atoms with Gasteiger partial charge in [-0.25, -0.2) is 0 Å². The van der Waals surface area contributed by atoms with E-state index >= 15 is 0 Å². The van der Waals surface area contributed by atoms with Crippen LogP contribution in [0.4, 0.5) is 13.2 Å². The summed E-state index contributed by atoms with van der Waals surface area (Å²) in [7, 11) is 0. The molecule has 0 radical (unpaired) electrons. The second-order valence-electron chi connectivity index (χ2n) is 7.88. The van der Waals surface area contributed by atoms with Gasteiger partial charge in [0.15, 0.2) is 0 Å². The molecule has 7 nitrogen and oxygen atoms in total. The Hall–Kier alpha value is -3.27. The van der Waals surface area contributed by atoms with Crippen molar-refractivity contribution >= 4 is 22.6 Å². The van der Waals surface area contributed by atoms with Gasteiger partial charge in [0.2, 0.25) is 0 Å². The van der Waals surface area contributed by atoms with Gasteiger partial charge in [0.05, 0.1) is 11.7 Å². The average Bonchev–Trinajstić information content (AvgIpc) is 3.21. The van der Waals surface area contributed by atoms with Crippen LogP contribution in [0.1, 0.15) is 34.5 Å². The lowest BCUT2D eigenvalue weighted by atomic mass is 9.89. The minimum atomic E-state index is -4.62. The molecular weight excluding hydrogens is 425 g/mol. The van der Waals surface area contributed by atoms with Crippen molar-refractivity contribution in [1.29, 1.82) is 0 Å². The molecule has 168 valence electrons. The third kappa shape index (κ3) is 4.64. The van der Waals surface area contributed by atoms with Crippen LogP contribution >= 0.6 is 0 Å². The van der Waals surface area contributed by atoms with Crippen molar-refractivity contribution in [2.24, 2.45) is 0 Å². The molecule has 4 rings (SSSR count). The Morgan fingerprint density at radius 2 is 1.81 bits per heavy atom. The van der Waals surface area contributed by atoms with E-state index in [1.807, 2.05) is 18.2 Å². The van der Waals surface area contributed by atoms with Crippen LogP contribution in [-0.4, -0.2) is 51.8 Å². The minimum absolute atomic E-state index is 0.0298. The van der Waals surface area contributed by atoms with Gasteiger partial charge >= 0.3 is 6.18 Å². The lowest BCUT2D eigenvalue weighted by Crippen LogP contribution is -2.61. The smallest absolute Gasteiger partial charge is 0.381 e. The number of aromatic amines is 1. The first-order valence-corrected chi connectivity index (χ1v) is 10.1. The Bertz CT molecular complexity index is 1140. The number of ketones is 1. The number of rotatable bonds is 6. The Morgan fingerprint density at radius 1 is 1.09 bits per heavy atom. The molecule has 0 aliphatic carbocycles. The molecule has 32 heavy (non-hydrogen) atoms. The van der Waals surface area contributed by atoms with E-state index < -0.39 is 17.6 Å². The molecule has 3 heterocycles. The predicted octanol–water partition coefficient (Wildman–Crippen LogP) is 3.15. The van der Waals surface area contributed by atoms with Crippen LogP contribution < -0.4 is 5.32 Å². The molecule has 2 aromatic heterocycles. The molecule has 1 aromatic carbocycles. The molecule has 0 saturated carbocycles. The number of carbonyl (C=O) groups is 2. The topological polar surface area (TPSA) is 97.0 Å². The second-order valence-corrected chi connectivity index (χ2v) is 7.88. The zero-order valence-electron chi connectivity index (χ0n) is 17.0. The van der Waals surface area contributed by atoms with Gasteiger partial charge in [-0.1, -0.05) is 12.1 Å². The van der Waals surface area contributed by atoms with Gasteiger partial charge < -0.3 is 10.1 Å². The summed E-state index contributed by atoms with van der Waals surface area (Å²) < 4.78 is 46.0. The van der Waals surface area contributed by atoms with Crippen molar-refractivity contribution in [1.82, 2.24) is 20.5 Å². The maximum atomic E-state index is 13.7. The number of Topliss-reactive ketones (excluding diaryl/α,β-unsaturated/α-hetero) is 1. The van der Waals surface area contributed by atoms with Crippen LogP contribution in [0.15, 0.2) is 42.7 Å². The van der Waals surface area contributed by atoms with Gasteiger partial charge in [0.25, 0.3) is 5.91 Å². The highest BCUT2D eigenvalue weighted by molar-refractivity contribution is 5.93. The molecule has 0 spiro atoms. The van der Waals surface area contributed by atoms with Gasteiger partial charge in [-0.15, -0.1) is 0 Å². The van der Waals surface area contributed by atoms with Crippen molar-refractivity contribution in [2.45, 2.75) is 37.4 Å². The fraction of sp³-hybridized carbons (Fsp3) is 0.364. The number of hydrogen-bond donors (Lipinski definition) is 2. The molecule has 1 aliphatic rings. The third-order valence-electron chi connectivity index (χ3n) is 5.61. The number of nitrogens with one attached hydrogen (secondary N) is 2. The number of fused-ring (bicyclic) bond motifs is 1. The SMILES string of the molecule is O=C(Cc1ccnc(C(=O)NC2(C(F)(F)F)CCOCC2)c1)Cc1ccc2cn[nH]c2c1. The lowest BCUT2D eigenvalue weighted by molar-refractivity contribution is -0.212. The highest BCUT2D eigenvalue weighted by Gasteiger charge is 2.56. The average molecular weight is 446 g/mol. The van der Waals surface area contributed by atoms with Gasteiger partial charge in [0.1, 0.15) is 17.0 Å². The number of halogens is 3. The van der Waals surface area contributed by atoms with E-state index in [4.69, 9.17) is 4.74 Å². The van der Waals surface area contributed by atoms with Crippen molar-refractivity contribution in [3.63, 3.8) is 0 Å². The molecule has 1 amide bonds. The van der Waals surface area contributed by atoms with E-state index in [0.717, 1.165) is 16.5 Å². The molecule has 2 N–H and O–H groups in total. The Balaban J connectivity index is 1.44. The minimum Gasteiger partial charge on any atom is -0.381 e. The summed E-state index contributed by atoms with van der Waals surface area (Å²) >= 11 is 0. The van der Waals surface area contributed by atoms with E-state index in [1.165, 1.54) is 12.3 Å². The zero-order chi connectivity index (χ0) is 22.8. The van der Waals surface area contributed by atoms with Gasteiger partial charge in [-0.05, 0) is 29.3 Å². The third-order valence-corrected chi connectivity index (χ3v) is 5.61. The summed E-state index contributed by atoms with van der Waals surface area (Å²) in [6.07, 6.45) is -2.12. The molecule has 10 heteroatoms. The Labute approximate surface area is 181 Å². The van der Waals surface area contributed by atoms with Crippen LogP contribution in [0.5, 0.6) is 0 Å². The second kappa shape index (κ2) is 8.70. The fourth-order valence-electron chi connectivity index (χ4n) is 3.80. The Morgan fingerprint density at radius 3 is 2.53 bits per heavy atom. The molecule has 0 unspecified atom stereocenters.